The lowest BCUT2D eigenvalue weighted by Gasteiger charge is -2.27. The van der Waals surface area contributed by atoms with E-state index in [0.29, 0.717) is 5.56 Å². The van der Waals surface area contributed by atoms with E-state index in [1.165, 1.54) is 10.5 Å². The molecule has 3 rings (SSSR count). The second-order valence-corrected chi connectivity index (χ2v) is 6.41. The van der Waals surface area contributed by atoms with Crippen molar-refractivity contribution in [3.63, 3.8) is 0 Å². The Morgan fingerprint density at radius 3 is 2.71 bits per heavy atom. The number of fused-ring (bicyclic) bond motifs is 1. The van der Waals surface area contributed by atoms with Crippen molar-refractivity contribution in [3.8, 4) is 0 Å². The molecule has 0 saturated heterocycles. The van der Waals surface area contributed by atoms with Crippen LogP contribution in [0.4, 0.5) is 11.4 Å². The van der Waals surface area contributed by atoms with Crippen LogP contribution in [0.2, 0.25) is 0 Å². The van der Waals surface area contributed by atoms with E-state index in [0.717, 1.165) is 23.7 Å². The highest BCUT2D eigenvalue weighted by atomic mass is 32.2. The number of nitrogens with one attached hydrogen (secondary N) is 1. The van der Waals surface area contributed by atoms with Crippen molar-refractivity contribution in [2.45, 2.75) is 11.8 Å². The molecule has 21 heavy (non-hydrogen) atoms. The molecule has 1 heterocycles. The number of hydrogen-bond acceptors (Lipinski definition) is 3. The predicted octanol–water partition coefficient (Wildman–Crippen LogP) is 3.79. The third-order valence-electron chi connectivity index (χ3n) is 3.63. The fraction of sp³-hybridized carbons (Fsp3) is 0.235. The van der Waals surface area contributed by atoms with Crippen LogP contribution in [0.5, 0.6) is 0 Å². The Morgan fingerprint density at radius 2 is 1.95 bits per heavy atom. The lowest BCUT2D eigenvalue weighted by Crippen LogP contribution is -2.24. The number of thioether (sulfide) groups is 1. The fourth-order valence-corrected chi connectivity index (χ4v) is 3.44. The second-order valence-electron chi connectivity index (χ2n) is 5.27. The molecule has 0 radical (unpaired) electrons. The van der Waals surface area contributed by atoms with E-state index in [1.807, 2.05) is 61.2 Å². The third-order valence-corrected chi connectivity index (χ3v) is 4.67. The second kappa shape index (κ2) is 5.82. The van der Waals surface area contributed by atoms with E-state index in [-0.39, 0.29) is 5.91 Å². The van der Waals surface area contributed by atoms with Gasteiger partial charge in [0, 0.05) is 35.5 Å². The molecule has 2 aromatic carbocycles. The normalized spacial score (nSPS) is 13.7. The van der Waals surface area contributed by atoms with E-state index in [9.17, 15) is 4.79 Å². The number of carbonyl (C=O) groups excluding carboxylic acids is 1. The number of rotatable bonds is 2. The average Bonchev–Trinajstić information content (AvgIpc) is 2.50. The quantitative estimate of drug-likeness (QED) is 0.915. The van der Waals surface area contributed by atoms with Crippen LogP contribution < -0.4 is 10.2 Å². The van der Waals surface area contributed by atoms with Crippen molar-refractivity contribution in [1.82, 2.24) is 0 Å². The zero-order valence-corrected chi connectivity index (χ0v) is 13.0. The van der Waals surface area contributed by atoms with Crippen molar-refractivity contribution in [2.75, 3.05) is 29.6 Å². The van der Waals surface area contributed by atoms with Gasteiger partial charge in [0.2, 0.25) is 0 Å². The lowest BCUT2D eigenvalue weighted by molar-refractivity contribution is 0.102. The van der Waals surface area contributed by atoms with Gasteiger partial charge in [-0.15, -0.1) is 11.8 Å². The number of nitrogens with zero attached hydrogens (tertiary/aromatic N) is 1. The summed E-state index contributed by atoms with van der Waals surface area (Å²) in [5.41, 5.74) is 3.85. The molecular weight excluding hydrogens is 280 g/mol. The topological polar surface area (TPSA) is 32.3 Å². The minimum absolute atomic E-state index is 0.0642. The summed E-state index contributed by atoms with van der Waals surface area (Å²) in [6.07, 6.45) is 0. The molecule has 0 aliphatic carbocycles. The predicted molar refractivity (Wildman–Crippen MR) is 89.6 cm³/mol. The van der Waals surface area contributed by atoms with Crippen LogP contribution in [0.1, 0.15) is 15.9 Å². The number of carbonyl (C=O) groups is 1. The molecule has 1 amide bonds. The number of amides is 1. The van der Waals surface area contributed by atoms with Crippen LogP contribution in [-0.4, -0.2) is 25.3 Å². The zero-order valence-electron chi connectivity index (χ0n) is 12.2. The van der Waals surface area contributed by atoms with Crippen molar-refractivity contribution in [2.24, 2.45) is 0 Å². The fourth-order valence-electron chi connectivity index (χ4n) is 2.33. The first-order chi connectivity index (χ1) is 10.1. The van der Waals surface area contributed by atoms with Gasteiger partial charge in [0.05, 0.1) is 5.69 Å². The molecule has 108 valence electrons. The van der Waals surface area contributed by atoms with E-state index in [2.05, 4.69) is 17.3 Å². The summed E-state index contributed by atoms with van der Waals surface area (Å²) in [5, 5.41) is 2.94. The Bertz CT molecular complexity index is 667. The molecule has 3 nitrogen and oxygen atoms in total. The Labute approximate surface area is 129 Å². The molecule has 0 atom stereocenters. The van der Waals surface area contributed by atoms with Gasteiger partial charge in [-0.2, -0.15) is 0 Å². The van der Waals surface area contributed by atoms with Gasteiger partial charge in [-0.1, -0.05) is 17.7 Å². The first-order valence-corrected chi connectivity index (χ1v) is 7.98. The summed E-state index contributed by atoms with van der Waals surface area (Å²) in [6.45, 7) is 3.04. The van der Waals surface area contributed by atoms with Gasteiger partial charge in [-0.05, 0) is 37.3 Å². The van der Waals surface area contributed by atoms with Crippen molar-refractivity contribution in [1.29, 1.82) is 0 Å². The molecule has 0 fully saturated rings. The van der Waals surface area contributed by atoms with E-state index < -0.39 is 0 Å². The molecule has 0 unspecified atom stereocenters. The molecule has 1 N–H and O–H groups in total. The van der Waals surface area contributed by atoms with Crippen molar-refractivity contribution < 1.29 is 4.79 Å². The number of aryl methyl sites for hydroxylation is 1. The highest BCUT2D eigenvalue weighted by Crippen LogP contribution is 2.34. The monoisotopic (exact) mass is 298 g/mol. The number of anilines is 2. The summed E-state index contributed by atoms with van der Waals surface area (Å²) >= 11 is 1.85. The third kappa shape index (κ3) is 3.05. The largest absolute Gasteiger partial charge is 0.373 e. The van der Waals surface area contributed by atoms with E-state index >= 15 is 0 Å². The first-order valence-electron chi connectivity index (χ1n) is 6.99. The molecular formula is C17H18N2OS. The standard InChI is InChI=1S/C17H18N2OS/c1-12-3-6-14(7-4-12)18-17(20)13-5-8-16-15(11-13)19(2)9-10-21-16/h3-8,11H,9-10H2,1-2H3,(H,18,20). The molecule has 0 saturated carbocycles. The van der Waals surface area contributed by atoms with Crippen LogP contribution in [-0.2, 0) is 0 Å². The number of benzene rings is 2. The van der Waals surface area contributed by atoms with Gasteiger partial charge in [0.15, 0.2) is 0 Å². The smallest absolute Gasteiger partial charge is 0.255 e. The van der Waals surface area contributed by atoms with Gasteiger partial charge >= 0.3 is 0 Å². The highest BCUT2D eigenvalue weighted by Gasteiger charge is 2.16. The minimum atomic E-state index is -0.0642. The summed E-state index contributed by atoms with van der Waals surface area (Å²) in [4.78, 5) is 15.8. The minimum Gasteiger partial charge on any atom is -0.373 e. The molecule has 1 aliphatic heterocycles. The molecule has 0 aromatic heterocycles. The Balaban J connectivity index is 1.81. The summed E-state index contributed by atoms with van der Waals surface area (Å²) in [6, 6.07) is 13.8. The highest BCUT2D eigenvalue weighted by molar-refractivity contribution is 7.99. The van der Waals surface area contributed by atoms with Gasteiger partial charge < -0.3 is 10.2 Å². The van der Waals surface area contributed by atoms with Crippen LogP contribution in [0.15, 0.2) is 47.4 Å². The molecule has 0 spiro atoms. The number of hydrogen-bond donors (Lipinski definition) is 1. The molecule has 1 aliphatic rings. The Morgan fingerprint density at radius 1 is 1.19 bits per heavy atom. The van der Waals surface area contributed by atoms with Gasteiger partial charge in [-0.3, -0.25) is 4.79 Å². The van der Waals surface area contributed by atoms with Crippen LogP contribution in [0, 0.1) is 6.92 Å². The first kappa shape index (κ1) is 14.0. The van der Waals surface area contributed by atoms with Crippen LogP contribution in [0.25, 0.3) is 0 Å². The Hall–Kier alpha value is -1.94. The van der Waals surface area contributed by atoms with E-state index in [4.69, 9.17) is 0 Å². The summed E-state index contributed by atoms with van der Waals surface area (Å²) in [5.74, 6) is 1.03. The van der Waals surface area contributed by atoms with Gasteiger partial charge in [0.25, 0.3) is 5.91 Å². The summed E-state index contributed by atoms with van der Waals surface area (Å²) < 4.78 is 0. The van der Waals surface area contributed by atoms with Crippen LogP contribution in [0.3, 0.4) is 0 Å². The van der Waals surface area contributed by atoms with Gasteiger partial charge in [-0.25, -0.2) is 0 Å². The molecule has 4 heteroatoms. The maximum absolute atomic E-state index is 12.4. The lowest BCUT2D eigenvalue weighted by atomic mass is 10.1. The maximum atomic E-state index is 12.4. The van der Waals surface area contributed by atoms with E-state index in [1.54, 1.807) is 0 Å². The molecule has 2 aromatic rings. The Kier molecular flexibility index (Phi) is 3.88. The summed E-state index contributed by atoms with van der Waals surface area (Å²) in [7, 11) is 2.07. The van der Waals surface area contributed by atoms with Crippen molar-refractivity contribution in [3.05, 3.63) is 53.6 Å². The average molecular weight is 298 g/mol. The van der Waals surface area contributed by atoms with Crippen LogP contribution >= 0.6 is 11.8 Å². The van der Waals surface area contributed by atoms with Gasteiger partial charge in [0.1, 0.15) is 0 Å². The SMILES string of the molecule is Cc1ccc(NC(=O)c2ccc3c(c2)N(C)CCS3)cc1. The van der Waals surface area contributed by atoms with Crippen molar-refractivity contribution >= 4 is 29.0 Å². The zero-order chi connectivity index (χ0) is 14.8. The maximum Gasteiger partial charge on any atom is 0.255 e. The molecule has 0 bridgehead atoms.